The van der Waals surface area contributed by atoms with Crippen molar-refractivity contribution in [3.63, 3.8) is 0 Å². The van der Waals surface area contributed by atoms with Gasteiger partial charge in [0.25, 0.3) is 0 Å². The smallest absolute Gasteiger partial charge is 0.340 e. The van der Waals surface area contributed by atoms with Gasteiger partial charge < -0.3 is 14.3 Å². The van der Waals surface area contributed by atoms with E-state index in [0.29, 0.717) is 23.1 Å². The van der Waals surface area contributed by atoms with Gasteiger partial charge in [-0.05, 0) is 24.3 Å². The van der Waals surface area contributed by atoms with Crippen LogP contribution in [-0.2, 0) is 11.3 Å². The molecule has 1 aromatic heterocycles. The number of benzene rings is 2. The molecule has 0 unspecified atom stereocenters. The molecule has 1 heterocycles. The molecule has 8 heteroatoms. The van der Waals surface area contributed by atoms with Gasteiger partial charge in [-0.3, -0.25) is 0 Å². The van der Waals surface area contributed by atoms with Crippen molar-refractivity contribution in [2.45, 2.75) is 6.61 Å². The number of rotatable bonds is 3. The van der Waals surface area contributed by atoms with Crippen LogP contribution < -0.4 is 5.63 Å². The molecule has 5 nitrogen and oxygen atoms in total. The molecule has 0 saturated carbocycles. The van der Waals surface area contributed by atoms with Crippen LogP contribution in [0.2, 0.25) is 5.02 Å². The molecular weight excluding hydrogens is 358 g/mol. The van der Waals surface area contributed by atoms with E-state index in [9.17, 15) is 23.5 Å². The minimum Gasteiger partial charge on any atom is -0.508 e. The Hall–Kier alpha value is -2.93. The molecule has 2 aromatic carbocycles. The second-order valence-electron chi connectivity index (χ2n) is 5.09. The maximum Gasteiger partial charge on any atom is 0.340 e. The zero-order valence-electron chi connectivity index (χ0n) is 12.4. The molecule has 0 radical (unpaired) electrons. The molecule has 25 heavy (non-hydrogen) atoms. The van der Waals surface area contributed by atoms with E-state index in [1.165, 1.54) is 18.2 Å². The molecule has 0 bridgehead atoms. The number of phenols is 1. The molecule has 0 aliphatic heterocycles. The van der Waals surface area contributed by atoms with E-state index in [4.69, 9.17) is 20.8 Å². The average molecular weight is 367 g/mol. The van der Waals surface area contributed by atoms with Gasteiger partial charge >= 0.3 is 11.6 Å². The maximum absolute atomic E-state index is 13.3. The van der Waals surface area contributed by atoms with Gasteiger partial charge in [0.15, 0.2) is 11.6 Å². The summed E-state index contributed by atoms with van der Waals surface area (Å²) in [5, 5.41) is 9.58. The van der Waals surface area contributed by atoms with Crippen LogP contribution in [0.4, 0.5) is 8.78 Å². The van der Waals surface area contributed by atoms with Gasteiger partial charge in [0.1, 0.15) is 17.9 Å². The highest BCUT2D eigenvalue weighted by Crippen LogP contribution is 2.24. The molecule has 3 aromatic rings. The molecule has 0 atom stereocenters. The van der Waals surface area contributed by atoms with Crippen LogP contribution in [0.1, 0.15) is 15.9 Å². The first-order valence-electron chi connectivity index (χ1n) is 6.92. The summed E-state index contributed by atoms with van der Waals surface area (Å²) in [4.78, 5) is 23.6. The molecule has 1 N–H and O–H groups in total. The first-order chi connectivity index (χ1) is 11.8. The average Bonchev–Trinajstić information content (AvgIpc) is 2.55. The lowest BCUT2D eigenvalue weighted by molar-refractivity contribution is 0.0473. The summed E-state index contributed by atoms with van der Waals surface area (Å²) < 4.78 is 36.3. The van der Waals surface area contributed by atoms with Crippen LogP contribution in [-0.4, -0.2) is 11.1 Å². The third-order valence-corrected chi connectivity index (χ3v) is 3.72. The molecule has 0 spiro atoms. The van der Waals surface area contributed by atoms with Crippen molar-refractivity contribution < 1.29 is 27.8 Å². The van der Waals surface area contributed by atoms with Gasteiger partial charge in [-0.2, -0.15) is 0 Å². The molecule has 3 rings (SSSR count). The van der Waals surface area contributed by atoms with Gasteiger partial charge in [0.05, 0.1) is 10.6 Å². The lowest BCUT2D eigenvalue weighted by atomic mass is 10.1. The monoisotopic (exact) mass is 366 g/mol. The van der Waals surface area contributed by atoms with Crippen molar-refractivity contribution in [1.82, 2.24) is 0 Å². The first-order valence-corrected chi connectivity index (χ1v) is 7.30. The molecule has 0 saturated heterocycles. The summed E-state index contributed by atoms with van der Waals surface area (Å²) in [5.41, 5.74) is -0.608. The molecule has 0 amide bonds. The first kappa shape index (κ1) is 16.9. The molecule has 0 aliphatic rings. The molecule has 0 fully saturated rings. The maximum atomic E-state index is 13.3. The number of carbonyl (C=O) groups excluding carboxylic acids is 1. The number of carbonyl (C=O) groups is 1. The molecule has 128 valence electrons. The zero-order chi connectivity index (χ0) is 18.1. The summed E-state index contributed by atoms with van der Waals surface area (Å²) in [6.45, 7) is -0.332. The highest BCUT2D eigenvalue weighted by molar-refractivity contribution is 6.33. The number of halogens is 3. The van der Waals surface area contributed by atoms with E-state index in [0.717, 1.165) is 6.07 Å². The van der Waals surface area contributed by atoms with E-state index in [1.54, 1.807) is 0 Å². The Bertz CT molecular complexity index is 1050. The van der Waals surface area contributed by atoms with Gasteiger partial charge in [-0.1, -0.05) is 11.6 Å². The minimum atomic E-state index is -1.24. The van der Waals surface area contributed by atoms with Crippen molar-refractivity contribution in [3.8, 4) is 5.75 Å². The van der Waals surface area contributed by atoms with Crippen LogP contribution in [0.5, 0.6) is 5.75 Å². The quantitative estimate of drug-likeness (QED) is 0.433. The van der Waals surface area contributed by atoms with Crippen molar-refractivity contribution in [2.24, 2.45) is 0 Å². The number of hydrogen-bond acceptors (Lipinski definition) is 5. The fourth-order valence-electron chi connectivity index (χ4n) is 2.24. The van der Waals surface area contributed by atoms with E-state index in [1.807, 2.05) is 0 Å². The van der Waals surface area contributed by atoms with Crippen molar-refractivity contribution in [3.05, 3.63) is 74.6 Å². The minimum absolute atomic E-state index is 0.0987. The lowest BCUT2D eigenvalue weighted by Crippen LogP contribution is -2.09. The van der Waals surface area contributed by atoms with Crippen LogP contribution in [0.3, 0.4) is 0 Å². The molecular formula is C17H9ClF2O5. The van der Waals surface area contributed by atoms with Gasteiger partial charge in [0.2, 0.25) is 0 Å². The van der Waals surface area contributed by atoms with Crippen LogP contribution in [0.25, 0.3) is 11.0 Å². The summed E-state index contributed by atoms with van der Waals surface area (Å²) in [6, 6.07) is 6.53. The van der Waals surface area contributed by atoms with Gasteiger partial charge in [-0.25, -0.2) is 18.4 Å². The van der Waals surface area contributed by atoms with E-state index in [2.05, 4.69) is 0 Å². The summed E-state index contributed by atoms with van der Waals surface area (Å²) >= 11 is 5.72. The van der Waals surface area contributed by atoms with Crippen LogP contribution in [0, 0.1) is 11.6 Å². The Kier molecular flexibility index (Phi) is 4.41. The van der Waals surface area contributed by atoms with E-state index >= 15 is 0 Å². The normalized spacial score (nSPS) is 10.8. The Morgan fingerprint density at radius 1 is 1.16 bits per heavy atom. The van der Waals surface area contributed by atoms with Crippen LogP contribution >= 0.6 is 11.6 Å². The van der Waals surface area contributed by atoms with Gasteiger partial charge in [0, 0.05) is 23.1 Å². The number of aromatic hydroxyl groups is 1. The van der Waals surface area contributed by atoms with Crippen LogP contribution in [0.15, 0.2) is 45.6 Å². The number of phenolic OH excluding ortho intramolecular Hbond substituents is 1. The highest BCUT2D eigenvalue weighted by atomic mass is 35.5. The lowest BCUT2D eigenvalue weighted by Gasteiger charge is -2.09. The Balaban J connectivity index is 1.89. The second kappa shape index (κ2) is 6.52. The largest absolute Gasteiger partial charge is 0.508 e. The summed E-state index contributed by atoms with van der Waals surface area (Å²) in [5.74, 6) is -3.51. The van der Waals surface area contributed by atoms with Crippen molar-refractivity contribution in [2.75, 3.05) is 0 Å². The highest BCUT2D eigenvalue weighted by Gasteiger charge is 2.17. The third-order valence-electron chi connectivity index (χ3n) is 3.40. The van der Waals surface area contributed by atoms with Crippen molar-refractivity contribution in [1.29, 1.82) is 0 Å². The Morgan fingerprint density at radius 3 is 2.64 bits per heavy atom. The third kappa shape index (κ3) is 3.46. The Morgan fingerprint density at radius 2 is 1.88 bits per heavy atom. The van der Waals surface area contributed by atoms with E-state index in [-0.39, 0.29) is 28.5 Å². The predicted molar refractivity (Wildman–Crippen MR) is 84.6 cm³/mol. The fourth-order valence-corrected chi connectivity index (χ4v) is 2.47. The predicted octanol–water partition coefficient (Wildman–Crippen LogP) is 3.79. The number of fused-ring (bicyclic) bond motifs is 1. The number of ether oxygens (including phenoxy) is 1. The summed E-state index contributed by atoms with van der Waals surface area (Å²) in [6.07, 6.45) is 0. The topological polar surface area (TPSA) is 76.7 Å². The van der Waals surface area contributed by atoms with E-state index < -0.39 is 23.2 Å². The summed E-state index contributed by atoms with van der Waals surface area (Å²) in [7, 11) is 0. The number of hydrogen-bond donors (Lipinski definition) is 1. The standard InChI is InChI=1S/C17H9ClF2O5/c18-12-6-14(20)13(19)5-11(12)17(23)24-7-8-3-16(22)25-15-4-9(21)1-2-10(8)15/h1-6,21H,7H2. The fraction of sp³-hybridized carbons (Fsp3) is 0.0588. The van der Waals surface area contributed by atoms with Crippen molar-refractivity contribution >= 4 is 28.5 Å². The molecule has 0 aliphatic carbocycles. The zero-order valence-corrected chi connectivity index (χ0v) is 13.1. The number of esters is 1. The SMILES string of the molecule is O=C(OCc1cc(=O)oc2cc(O)ccc12)c1cc(F)c(F)cc1Cl. The Labute approximate surface area is 144 Å². The second-order valence-corrected chi connectivity index (χ2v) is 5.50. The van der Waals surface area contributed by atoms with Gasteiger partial charge in [-0.15, -0.1) is 0 Å².